The predicted molar refractivity (Wildman–Crippen MR) is 82.2 cm³/mol. The highest BCUT2D eigenvalue weighted by Crippen LogP contribution is 2.12. The minimum absolute atomic E-state index is 0.0833. The van der Waals surface area contributed by atoms with E-state index < -0.39 is 0 Å². The lowest BCUT2D eigenvalue weighted by Crippen LogP contribution is -2.22. The summed E-state index contributed by atoms with van der Waals surface area (Å²) in [4.78, 5) is 0. The van der Waals surface area contributed by atoms with E-state index in [-0.39, 0.29) is 18.6 Å². The van der Waals surface area contributed by atoms with Crippen molar-refractivity contribution < 1.29 is 15.3 Å². The predicted octanol–water partition coefficient (Wildman–Crippen LogP) is 3.36. The van der Waals surface area contributed by atoms with Crippen molar-refractivity contribution in [2.24, 2.45) is 11.8 Å². The Balaban J connectivity index is 0. The smallest absolute Gasteiger partial charge is 0.0590 e. The Hall–Kier alpha value is -0.120. The van der Waals surface area contributed by atoms with Crippen LogP contribution in [0.4, 0.5) is 0 Å². The molecule has 0 aromatic rings. The number of rotatable bonds is 10. The van der Waals surface area contributed by atoms with E-state index in [0.29, 0.717) is 12.5 Å². The summed E-state index contributed by atoms with van der Waals surface area (Å²) in [6, 6.07) is 0. The normalized spacial score (nSPS) is 15.3. The Labute approximate surface area is 120 Å². The molecule has 0 rings (SSSR count). The highest BCUT2D eigenvalue weighted by atomic mass is 16.3. The van der Waals surface area contributed by atoms with Gasteiger partial charge >= 0.3 is 0 Å². The van der Waals surface area contributed by atoms with Gasteiger partial charge in [0.1, 0.15) is 0 Å². The van der Waals surface area contributed by atoms with Gasteiger partial charge in [-0.2, -0.15) is 0 Å². The van der Waals surface area contributed by atoms with Crippen molar-refractivity contribution in [1.29, 1.82) is 0 Å². The molecular weight excluding hydrogens is 240 g/mol. The lowest BCUT2D eigenvalue weighted by Gasteiger charge is -2.17. The lowest BCUT2D eigenvalue weighted by atomic mass is 9.97. The molecule has 3 atom stereocenters. The number of unbranched alkanes of at least 4 members (excludes halogenated alkanes) is 1. The van der Waals surface area contributed by atoms with E-state index in [9.17, 15) is 5.11 Å². The van der Waals surface area contributed by atoms with Crippen LogP contribution < -0.4 is 0 Å². The minimum Gasteiger partial charge on any atom is -0.396 e. The lowest BCUT2D eigenvalue weighted by molar-refractivity contribution is 0.0584. The average Bonchev–Trinajstić information content (AvgIpc) is 2.42. The third-order valence-electron chi connectivity index (χ3n) is 3.69. The monoisotopic (exact) mass is 276 g/mol. The Kier molecular flexibility index (Phi) is 17.8. The average molecular weight is 276 g/mol. The van der Waals surface area contributed by atoms with Crippen LogP contribution in [0.1, 0.15) is 72.6 Å². The zero-order chi connectivity index (χ0) is 15.1. The SMILES string of the molecule is CCCC(O)C(CC)CO.CCCCC(CC)CO. The first-order valence-corrected chi connectivity index (χ1v) is 8.00. The molecule has 3 N–H and O–H groups in total. The molecule has 0 fully saturated rings. The molecule has 0 radical (unpaired) electrons. The molecule has 3 heteroatoms. The molecule has 0 amide bonds. The molecule has 0 bridgehead atoms. The standard InChI is InChI=1S/C8H18O2.C8H18O/c1-3-5-8(10)7(4-2)6-9;1-3-5-6-8(4-2)7-9/h7-10H,3-6H2,1-2H3;8-9H,3-7H2,1-2H3. The molecule has 0 aliphatic carbocycles. The van der Waals surface area contributed by atoms with Crippen LogP contribution in [-0.2, 0) is 0 Å². The summed E-state index contributed by atoms with van der Waals surface area (Å²) in [6.07, 6.45) is 7.17. The molecule has 0 aliphatic rings. The van der Waals surface area contributed by atoms with Crippen molar-refractivity contribution in [3.63, 3.8) is 0 Å². The van der Waals surface area contributed by atoms with E-state index in [4.69, 9.17) is 10.2 Å². The molecule has 3 unspecified atom stereocenters. The van der Waals surface area contributed by atoms with Crippen molar-refractivity contribution in [3.05, 3.63) is 0 Å². The van der Waals surface area contributed by atoms with Gasteiger partial charge in [0.05, 0.1) is 6.10 Å². The van der Waals surface area contributed by atoms with E-state index >= 15 is 0 Å². The number of aliphatic hydroxyl groups is 3. The van der Waals surface area contributed by atoms with Gasteiger partial charge in [0, 0.05) is 19.1 Å². The Morgan fingerprint density at radius 3 is 1.74 bits per heavy atom. The van der Waals surface area contributed by atoms with Crippen LogP contribution in [0.3, 0.4) is 0 Å². The molecule has 0 aromatic carbocycles. The van der Waals surface area contributed by atoms with Crippen molar-refractivity contribution >= 4 is 0 Å². The van der Waals surface area contributed by atoms with Gasteiger partial charge in [-0.25, -0.2) is 0 Å². The first-order chi connectivity index (χ1) is 9.10. The van der Waals surface area contributed by atoms with Gasteiger partial charge in [0.15, 0.2) is 0 Å². The van der Waals surface area contributed by atoms with Gasteiger partial charge in [-0.05, 0) is 25.2 Å². The number of aliphatic hydroxyl groups excluding tert-OH is 3. The van der Waals surface area contributed by atoms with E-state index in [1.54, 1.807) is 0 Å². The quantitative estimate of drug-likeness (QED) is 0.573. The zero-order valence-electron chi connectivity index (χ0n) is 13.4. The Morgan fingerprint density at radius 1 is 0.789 bits per heavy atom. The molecule has 0 saturated carbocycles. The maximum atomic E-state index is 9.35. The third kappa shape index (κ3) is 12.6. The summed E-state index contributed by atoms with van der Waals surface area (Å²) in [5.74, 6) is 0.643. The topological polar surface area (TPSA) is 60.7 Å². The zero-order valence-corrected chi connectivity index (χ0v) is 13.4. The second kappa shape index (κ2) is 15.9. The summed E-state index contributed by atoms with van der Waals surface area (Å²) in [6.45, 7) is 8.82. The summed E-state index contributed by atoms with van der Waals surface area (Å²) in [5.41, 5.74) is 0. The minimum atomic E-state index is -0.306. The van der Waals surface area contributed by atoms with Gasteiger partial charge in [-0.3, -0.25) is 0 Å². The molecule has 0 spiro atoms. The van der Waals surface area contributed by atoms with Crippen LogP contribution in [0.15, 0.2) is 0 Å². The summed E-state index contributed by atoms with van der Waals surface area (Å²) in [5, 5.41) is 26.9. The fourth-order valence-corrected chi connectivity index (χ4v) is 1.97. The van der Waals surface area contributed by atoms with Gasteiger partial charge in [0.2, 0.25) is 0 Å². The van der Waals surface area contributed by atoms with Crippen molar-refractivity contribution in [2.45, 2.75) is 78.7 Å². The van der Waals surface area contributed by atoms with Crippen LogP contribution in [-0.4, -0.2) is 34.6 Å². The fraction of sp³-hybridized carbons (Fsp3) is 1.00. The van der Waals surface area contributed by atoms with Crippen molar-refractivity contribution in [1.82, 2.24) is 0 Å². The van der Waals surface area contributed by atoms with Gasteiger partial charge in [-0.15, -0.1) is 0 Å². The Bertz CT molecular complexity index is 154. The van der Waals surface area contributed by atoms with Gasteiger partial charge < -0.3 is 15.3 Å². The van der Waals surface area contributed by atoms with Gasteiger partial charge in [-0.1, -0.05) is 53.4 Å². The first kappa shape index (κ1) is 21.2. The molecular formula is C16H36O3. The van der Waals surface area contributed by atoms with Crippen molar-refractivity contribution in [2.75, 3.05) is 13.2 Å². The van der Waals surface area contributed by atoms with Crippen LogP contribution in [0.5, 0.6) is 0 Å². The summed E-state index contributed by atoms with van der Waals surface area (Å²) >= 11 is 0. The van der Waals surface area contributed by atoms with E-state index in [1.807, 2.05) is 13.8 Å². The van der Waals surface area contributed by atoms with Gasteiger partial charge in [0.25, 0.3) is 0 Å². The molecule has 0 aliphatic heterocycles. The van der Waals surface area contributed by atoms with E-state index in [2.05, 4.69) is 13.8 Å². The highest BCUT2D eigenvalue weighted by molar-refractivity contribution is 4.65. The second-order valence-electron chi connectivity index (χ2n) is 5.31. The maximum Gasteiger partial charge on any atom is 0.0590 e. The molecule has 0 aromatic heterocycles. The highest BCUT2D eigenvalue weighted by Gasteiger charge is 2.14. The summed E-state index contributed by atoms with van der Waals surface area (Å²) < 4.78 is 0. The Morgan fingerprint density at radius 2 is 1.42 bits per heavy atom. The molecule has 0 heterocycles. The van der Waals surface area contributed by atoms with Crippen LogP contribution in [0.2, 0.25) is 0 Å². The largest absolute Gasteiger partial charge is 0.396 e. The fourth-order valence-electron chi connectivity index (χ4n) is 1.97. The first-order valence-electron chi connectivity index (χ1n) is 8.00. The van der Waals surface area contributed by atoms with E-state index in [1.165, 1.54) is 19.3 Å². The molecule has 118 valence electrons. The van der Waals surface area contributed by atoms with Crippen LogP contribution >= 0.6 is 0 Å². The third-order valence-corrected chi connectivity index (χ3v) is 3.69. The maximum absolute atomic E-state index is 9.35. The van der Waals surface area contributed by atoms with Crippen LogP contribution in [0, 0.1) is 11.8 Å². The molecule has 19 heavy (non-hydrogen) atoms. The van der Waals surface area contributed by atoms with E-state index in [0.717, 1.165) is 25.7 Å². The number of hydrogen-bond acceptors (Lipinski definition) is 3. The van der Waals surface area contributed by atoms with Crippen molar-refractivity contribution in [3.8, 4) is 0 Å². The molecule has 0 saturated heterocycles. The second-order valence-corrected chi connectivity index (χ2v) is 5.31. The van der Waals surface area contributed by atoms with Crippen LogP contribution in [0.25, 0.3) is 0 Å². The number of hydrogen-bond donors (Lipinski definition) is 3. The molecule has 3 nitrogen and oxygen atoms in total. The summed E-state index contributed by atoms with van der Waals surface area (Å²) in [7, 11) is 0.